The number of nitrogens with zero attached hydrogens (tertiary/aromatic N) is 1. The highest BCUT2D eigenvalue weighted by Crippen LogP contribution is 2.70. The van der Waals surface area contributed by atoms with Crippen LogP contribution in [-0.4, -0.2) is 25.1 Å². The lowest BCUT2D eigenvalue weighted by Gasteiger charge is -2.69. The summed E-state index contributed by atoms with van der Waals surface area (Å²) in [6.45, 7) is 12.5. The van der Waals surface area contributed by atoms with E-state index in [4.69, 9.17) is 0 Å². The van der Waals surface area contributed by atoms with Crippen LogP contribution in [0, 0.1) is 17.3 Å². The van der Waals surface area contributed by atoms with Crippen LogP contribution in [0.15, 0.2) is 24.3 Å². The fourth-order valence-corrected chi connectivity index (χ4v) is 8.23. The molecular weight excluding hydrogens is 470 g/mol. The van der Waals surface area contributed by atoms with Crippen LogP contribution in [0.4, 0.5) is 0 Å². The van der Waals surface area contributed by atoms with E-state index in [-0.39, 0.29) is 12.4 Å². The molecule has 3 unspecified atom stereocenters. The van der Waals surface area contributed by atoms with Crippen molar-refractivity contribution < 1.29 is 16.9 Å². The van der Waals surface area contributed by atoms with Crippen molar-refractivity contribution in [1.29, 1.82) is 0 Å². The van der Waals surface area contributed by atoms with Gasteiger partial charge in [-0.1, -0.05) is 129 Å². The average Bonchev–Trinajstić information content (AvgIpc) is 2.84. The van der Waals surface area contributed by atoms with E-state index in [0.717, 1.165) is 16.3 Å². The second kappa shape index (κ2) is 15.3. The zero-order valence-electron chi connectivity index (χ0n) is 25.7. The number of quaternary nitrogens is 1. The van der Waals surface area contributed by atoms with Gasteiger partial charge in [0.2, 0.25) is 0 Å². The lowest BCUT2D eigenvalue weighted by atomic mass is 9.35. The van der Waals surface area contributed by atoms with Gasteiger partial charge >= 0.3 is 0 Å². The van der Waals surface area contributed by atoms with Crippen molar-refractivity contribution in [2.24, 2.45) is 17.3 Å². The number of halogens is 1. The highest BCUT2D eigenvalue weighted by atomic mass is 35.5. The summed E-state index contributed by atoms with van der Waals surface area (Å²) >= 11 is 0. The zero-order chi connectivity index (χ0) is 26.1. The topological polar surface area (TPSA) is 0 Å². The molecule has 3 saturated carbocycles. The Morgan fingerprint density at radius 3 is 1.78 bits per heavy atom. The summed E-state index contributed by atoms with van der Waals surface area (Å²) in [6.07, 6.45) is 24.5. The third kappa shape index (κ3) is 8.23. The normalized spacial score (nSPS) is 24.4. The summed E-state index contributed by atoms with van der Waals surface area (Å²) in [7, 11) is 4.94. The maximum Gasteiger partial charge on any atom is 0.104 e. The maximum absolute atomic E-state index is 2.57. The molecule has 3 aliphatic rings. The van der Waals surface area contributed by atoms with Gasteiger partial charge in [-0.25, -0.2) is 0 Å². The van der Waals surface area contributed by atoms with Crippen LogP contribution in [-0.2, 0) is 12.0 Å². The predicted molar refractivity (Wildman–Crippen MR) is 159 cm³/mol. The molecule has 2 heteroatoms. The standard InChI is InChI=1S/C35H62N.ClH/c1-7-8-9-10-11-12-13-14-15-16-17-18-19-22-27-36(5,6)29-31-23-20-21-24-33(31)35-28-32(34(35,3)4)26-25-30(35)2;/h20-21,23-24,30,32H,7-19,22,25-29H2,1-6H3;1H/q+1;/p-1. The van der Waals surface area contributed by atoms with Gasteiger partial charge < -0.3 is 16.9 Å². The van der Waals surface area contributed by atoms with E-state index in [2.05, 4.69) is 66.1 Å². The van der Waals surface area contributed by atoms with Crippen molar-refractivity contribution in [3.63, 3.8) is 0 Å². The largest absolute Gasteiger partial charge is 1.00 e. The van der Waals surface area contributed by atoms with E-state index in [9.17, 15) is 0 Å². The summed E-state index contributed by atoms with van der Waals surface area (Å²) in [4.78, 5) is 0. The van der Waals surface area contributed by atoms with Crippen molar-refractivity contribution in [3.8, 4) is 0 Å². The molecule has 1 aromatic rings. The molecule has 0 aromatic heterocycles. The molecule has 2 bridgehead atoms. The molecule has 3 aliphatic carbocycles. The first-order chi connectivity index (χ1) is 17.2. The second-order valence-corrected chi connectivity index (χ2v) is 14.1. The third-order valence-corrected chi connectivity index (χ3v) is 10.7. The van der Waals surface area contributed by atoms with Crippen molar-refractivity contribution in [2.45, 2.75) is 149 Å². The van der Waals surface area contributed by atoms with Crippen LogP contribution >= 0.6 is 0 Å². The Labute approximate surface area is 238 Å². The minimum absolute atomic E-state index is 0. The molecule has 1 aromatic carbocycles. The third-order valence-electron chi connectivity index (χ3n) is 10.7. The quantitative estimate of drug-likeness (QED) is 0.136. The first-order valence-corrected chi connectivity index (χ1v) is 16.1. The highest BCUT2D eigenvalue weighted by Gasteiger charge is 2.65. The molecule has 0 aliphatic heterocycles. The van der Waals surface area contributed by atoms with Crippen LogP contribution in [0.3, 0.4) is 0 Å². The molecule has 1 nitrogen and oxygen atoms in total. The summed E-state index contributed by atoms with van der Waals surface area (Å²) in [6, 6.07) is 9.56. The van der Waals surface area contributed by atoms with E-state index >= 15 is 0 Å². The fraction of sp³-hybridized carbons (Fsp3) is 0.829. The van der Waals surface area contributed by atoms with Crippen LogP contribution in [0.5, 0.6) is 0 Å². The van der Waals surface area contributed by atoms with E-state index < -0.39 is 0 Å². The molecule has 0 spiro atoms. The van der Waals surface area contributed by atoms with Gasteiger partial charge in [0.1, 0.15) is 6.54 Å². The minimum Gasteiger partial charge on any atom is -1.00 e. The Morgan fingerprint density at radius 2 is 1.27 bits per heavy atom. The summed E-state index contributed by atoms with van der Waals surface area (Å²) < 4.78 is 1.13. The van der Waals surface area contributed by atoms with E-state index in [1.807, 2.05) is 0 Å². The predicted octanol–water partition coefficient (Wildman–Crippen LogP) is 7.46. The lowest BCUT2D eigenvalue weighted by Crippen LogP contribution is -3.00. The van der Waals surface area contributed by atoms with E-state index in [1.54, 1.807) is 11.1 Å². The molecule has 3 atom stereocenters. The Morgan fingerprint density at radius 1 is 0.757 bits per heavy atom. The molecule has 0 saturated heterocycles. The van der Waals surface area contributed by atoms with Crippen molar-refractivity contribution >= 4 is 0 Å². The van der Waals surface area contributed by atoms with Gasteiger partial charge in [0.05, 0.1) is 20.6 Å². The Balaban J connectivity index is 0.00000481. The SMILES string of the molecule is CCCCCCCCCCCCCCCC[N+](C)(C)Cc1ccccc1C12CC(CCC1C)C2(C)C.[Cl-]. The number of hydrogen-bond acceptors (Lipinski definition) is 0. The van der Waals surface area contributed by atoms with Gasteiger partial charge in [-0.05, 0) is 54.9 Å². The molecule has 3 fully saturated rings. The van der Waals surface area contributed by atoms with Crippen molar-refractivity contribution in [1.82, 2.24) is 0 Å². The molecule has 4 rings (SSSR count). The molecule has 214 valence electrons. The van der Waals surface area contributed by atoms with Crippen molar-refractivity contribution in [2.75, 3.05) is 20.6 Å². The van der Waals surface area contributed by atoms with Gasteiger partial charge in [-0.15, -0.1) is 0 Å². The Bertz CT molecular complexity index is 768. The minimum atomic E-state index is 0. The molecule has 37 heavy (non-hydrogen) atoms. The van der Waals surface area contributed by atoms with E-state index in [1.165, 1.54) is 122 Å². The maximum atomic E-state index is 2.57. The number of fused-ring (bicyclic) bond motifs is 2. The monoisotopic (exact) mass is 531 g/mol. The number of hydrogen-bond donors (Lipinski definition) is 0. The van der Waals surface area contributed by atoms with Gasteiger partial charge in [-0.2, -0.15) is 0 Å². The van der Waals surface area contributed by atoms with E-state index in [0.29, 0.717) is 10.8 Å². The average molecular weight is 532 g/mol. The van der Waals surface area contributed by atoms with Gasteiger partial charge in [0.25, 0.3) is 0 Å². The molecule has 0 N–H and O–H groups in total. The summed E-state index contributed by atoms with van der Waals surface area (Å²) in [5.41, 5.74) is 4.19. The fourth-order valence-electron chi connectivity index (χ4n) is 8.23. The van der Waals surface area contributed by atoms with Gasteiger partial charge in [0, 0.05) is 11.0 Å². The van der Waals surface area contributed by atoms with Crippen LogP contribution in [0.1, 0.15) is 148 Å². The van der Waals surface area contributed by atoms with Crippen LogP contribution < -0.4 is 12.4 Å². The first-order valence-electron chi connectivity index (χ1n) is 16.1. The Hall–Kier alpha value is -0.530. The Kier molecular flexibility index (Phi) is 13.5. The molecule has 0 heterocycles. The summed E-state index contributed by atoms with van der Waals surface area (Å²) in [5.74, 6) is 1.74. The molecular formula is C35H62ClN. The van der Waals surface area contributed by atoms with Crippen LogP contribution in [0.25, 0.3) is 0 Å². The number of benzene rings is 1. The zero-order valence-corrected chi connectivity index (χ0v) is 26.5. The molecule has 0 amide bonds. The number of rotatable bonds is 18. The summed E-state index contributed by atoms with van der Waals surface area (Å²) in [5, 5.41) is 0. The smallest absolute Gasteiger partial charge is 0.104 e. The van der Waals surface area contributed by atoms with Crippen molar-refractivity contribution in [3.05, 3.63) is 35.4 Å². The molecule has 0 radical (unpaired) electrons. The van der Waals surface area contributed by atoms with Crippen LogP contribution in [0.2, 0.25) is 0 Å². The number of unbranched alkanes of at least 4 members (excludes halogenated alkanes) is 13. The first kappa shape index (κ1) is 32.7. The highest BCUT2D eigenvalue weighted by molar-refractivity contribution is 5.41. The lowest BCUT2D eigenvalue weighted by molar-refractivity contribution is -0.903. The van der Waals surface area contributed by atoms with Gasteiger partial charge in [-0.3, -0.25) is 0 Å². The van der Waals surface area contributed by atoms with Gasteiger partial charge in [0.15, 0.2) is 0 Å². The second-order valence-electron chi connectivity index (χ2n) is 14.1.